The summed E-state index contributed by atoms with van der Waals surface area (Å²) in [7, 11) is 0. The number of benzene rings is 3. The van der Waals surface area contributed by atoms with Crippen molar-refractivity contribution in [3.05, 3.63) is 86.4 Å². The predicted molar refractivity (Wildman–Crippen MR) is 106 cm³/mol. The van der Waals surface area contributed by atoms with E-state index in [0.717, 1.165) is 15.6 Å². The molecular weight excluding hydrogens is 344 g/mol. The molecule has 0 radical (unpaired) electrons. The van der Waals surface area contributed by atoms with Crippen LogP contribution in [0.2, 0.25) is 0 Å². The van der Waals surface area contributed by atoms with Crippen molar-refractivity contribution >= 4 is 33.4 Å². The monoisotopic (exact) mass is 360 g/mol. The van der Waals surface area contributed by atoms with Crippen LogP contribution in [0.5, 0.6) is 0 Å². The van der Waals surface area contributed by atoms with E-state index in [9.17, 15) is 14.4 Å². The van der Waals surface area contributed by atoms with Crippen molar-refractivity contribution in [2.45, 2.75) is 6.92 Å². The van der Waals surface area contributed by atoms with Crippen LogP contribution in [0, 0.1) is 6.92 Å². The van der Waals surface area contributed by atoms with Crippen molar-refractivity contribution in [1.82, 2.24) is 9.66 Å². The summed E-state index contributed by atoms with van der Waals surface area (Å²) in [6.07, 6.45) is 0. The fraction of sp³-hybridized carbons (Fsp3) is 0.0500. The van der Waals surface area contributed by atoms with E-state index in [1.54, 1.807) is 43.3 Å². The molecular formula is C20H16N4O3. The van der Waals surface area contributed by atoms with Gasteiger partial charge in [-0.05, 0) is 42.1 Å². The van der Waals surface area contributed by atoms with Crippen LogP contribution in [-0.4, -0.2) is 15.6 Å². The van der Waals surface area contributed by atoms with Crippen molar-refractivity contribution in [3.8, 4) is 0 Å². The third kappa shape index (κ3) is 2.75. The van der Waals surface area contributed by atoms with E-state index in [2.05, 4.69) is 10.4 Å². The number of amides is 1. The number of aromatic amines is 1. The third-order valence-electron chi connectivity index (χ3n) is 4.49. The Balaban J connectivity index is 2.01. The van der Waals surface area contributed by atoms with E-state index in [4.69, 9.17) is 5.73 Å². The fourth-order valence-electron chi connectivity index (χ4n) is 3.14. The van der Waals surface area contributed by atoms with Gasteiger partial charge in [-0.2, -0.15) is 0 Å². The SMILES string of the molecule is Cc1ccccc1C(=O)Nn1c(=O)c(=O)[nH]c2ccc3ccc(N)cc3c21. The maximum absolute atomic E-state index is 12.7. The van der Waals surface area contributed by atoms with Gasteiger partial charge in [0.1, 0.15) is 0 Å². The van der Waals surface area contributed by atoms with Gasteiger partial charge in [-0.1, -0.05) is 30.3 Å². The van der Waals surface area contributed by atoms with Gasteiger partial charge in [0, 0.05) is 16.6 Å². The lowest BCUT2D eigenvalue weighted by Gasteiger charge is -2.14. The molecule has 4 N–H and O–H groups in total. The molecule has 27 heavy (non-hydrogen) atoms. The number of fused-ring (bicyclic) bond motifs is 3. The van der Waals surface area contributed by atoms with Crippen molar-refractivity contribution in [3.63, 3.8) is 0 Å². The third-order valence-corrected chi connectivity index (χ3v) is 4.49. The highest BCUT2D eigenvalue weighted by atomic mass is 16.2. The number of nitrogens with zero attached hydrogens (tertiary/aromatic N) is 1. The number of hydrogen-bond acceptors (Lipinski definition) is 4. The zero-order valence-electron chi connectivity index (χ0n) is 14.4. The lowest BCUT2D eigenvalue weighted by molar-refractivity contribution is 0.101. The summed E-state index contributed by atoms with van der Waals surface area (Å²) < 4.78 is 0.991. The molecule has 1 amide bonds. The van der Waals surface area contributed by atoms with E-state index in [1.807, 2.05) is 18.2 Å². The van der Waals surface area contributed by atoms with E-state index < -0.39 is 17.0 Å². The van der Waals surface area contributed by atoms with Gasteiger partial charge in [0.05, 0.1) is 11.0 Å². The van der Waals surface area contributed by atoms with Crippen LogP contribution in [0.25, 0.3) is 21.8 Å². The number of carbonyl (C=O) groups excluding carboxylic acids is 1. The summed E-state index contributed by atoms with van der Waals surface area (Å²) in [5, 5.41) is 1.47. The number of carbonyl (C=O) groups is 1. The predicted octanol–water partition coefficient (Wildman–Crippen LogP) is 2.12. The zero-order valence-corrected chi connectivity index (χ0v) is 14.4. The minimum atomic E-state index is -0.876. The van der Waals surface area contributed by atoms with Crippen molar-refractivity contribution in [2.75, 3.05) is 11.2 Å². The molecule has 0 atom stereocenters. The number of aromatic nitrogens is 2. The number of rotatable bonds is 2. The molecule has 4 rings (SSSR count). The minimum absolute atomic E-state index is 0.381. The van der Waals surface area contributed by atoms with Crippen LogP contribution in [0.4, 0.5) is 5.69 Å². The molecule has 0 aliphatic heterocycles. The first-order chi connectivity index (χ1) is 13.0. The second-order valence-electron chi connectivity index (χ2n) is 6.29. The average molecular weight is 360 g/mol. The minimum Gasteiger partial charge on any atom is -0.399 e. The highest BCUT2D eigenvalue weighted by molar-refractivity contribution is 6.07. The number of hydrogen-bond donors (Lipinski definition) is 3. The standard InChI is InChI=1S/C20H16N4O3/c1-11-4-2-3-5-14(11)18(25)23-24-17-15-10-13(21)8-6-12(15)7-9-16(17)22-19(26)20(24)27/h2-10H,21H2,1H3,(H,22,26)(H,23,25). The van der Waals surface area contributed by atoms with E-state index in [0.29, 0.717) is 27.7 Å². The molecule has 0 spiro atoms. The van der Waals surface area contributed by atoms with Crippen LogP contribution in [0.1, 0.15) is 15.9 Å². The number of nitrogens with two attached hydrogens (primary N) is 1. The molecule has 0 saturated carbocycles. The van der Waals surface area contributed by atoms with Crippen molar-refractivity contribution in [1.29, 1.82) is 0 Å². The summed E-state index contributed by atoms with van der Waals surface area (Å²) >= 11 is 0. The number of anilines is 1. The molecule has 0 bridgehead atoms. The van der Waals surface area contributed by atoms with Gasteiger partial charge >= 0.3 is 11.1 Å². The molecule has 1 aromatic heterocycles. The molecule has 7 heteroatoms. The molecule has 4 aromatic rings. The highest BCUT2D eigenvalue weighted by Gasteiger charge is 2.15. The first-order valence-corrected chi connectivity index (χ1v) is 8.30. The summed E-state index contributed by atoms with van der Waals surface area (Å²) in [6, 6.07) is 15.8. The Labute approximate surface area is 153 Å². The Morgan fingerprint density at radius 2 is 1.81 bits per heavy atom. The van der Waals surface area contributed by atoms with Gasteiger partial charge in [0.25, 0.3) is 5.91 Å². The maximum Gasteiger partial charge on any atom is 0.335 e. The van der Waals surface area contributed by atoms with Gasteiger partial charge < -0.3 is 10.7 Å². The van der Waals surface area contributed by atoms with Gasteiger partial charge in [0.2, 0.25) is 0 Å². The molecule has 7 nitrogen and oxygen atoms in total. The molecule has 3 aromatic carbocycles. The summed E-state index contributed by atoms with van der Waals surface area (Å²) in [6.45, 7) is 1.80. The largest absolute Gasteiger partial charge is 0.399 e. The Kier molecular flexibility index (Phi) is 3.77. The molecule has 0 saturated heterocycles. The topological polar surface area (TPSA) is 110 Å². The summed E-state index contributed by atoms with van der Waals surface area (Å²) in [5.41, 5.74) is 9.24. The van der Waals surface area contributed by atoms with Crippen LogP contribution in [0.15, 0.2) is 64.2 Å². The van der Waals surface area contributed by atoms with Gasteiger partial charge in [-0.3, -0.25) is 19.8 Å². The van der Waals surface area contributed by atoms with Crippen molar-refractivity contribution < 1.29 is 4.79 Å². The average Bonchev–Trinajstić information content (AvgIpc) is 2.65. The van der Waals surface area contributed by atoms with Gasteiger partial charge in [-0.15, -0.1) is 0 Å². The molecule has 0 aliphatic rings. The quantitative estimate of drug-likeness (QED) is 0.289. The first kappa shape index (κ1) is 16.6. The lowest BCUT2D eigenvalue weighted by atomic mass is 10.1. The smallest absolute Gasteiger partial charge is 0.335 e. The maximum atomic E-state index is 12.7. The van der Waals surface area contributed by atoms with Crippen LogP contribution < -0.4 is 22.3 Å². The van der Waals surface area contributed by atoms with Gasteiger partial charge in [0.15, 0.2) is 0 Å². The molecule has 0 unspecified atom stereocenters. The first-order valence-electron chi connectivity index (χ1n) is 8.30. The number of aryl methyl sites for hydroxylation is 1. The molecule has 0 fully saturated rings. The zero-order chi connectivity index (χ0) is 19.1. The van der Waals surface area contributed by atoms with Crippen LogP contribution in [-0.2, 0) is 0 Å². The molecule has 0 aliphatic carbocycles. The van der Waals surface area contributed by atoms with E-state index in [1.165, 1.54) is 0 Å². The summed E-state index contributed by atoms with van der Waals surface area (Å²) in [4.78, 5) is 39.9. The Bertz CT molecular complexity index is 1330. The number of nitrogen functional groups attached to an aromatic ring is 1. The summed E-state index contributed by atoms with van der Waals surface area (Å²) in [5.74, 6) is -0.483. The fourth-order valence-corrected chi connectivity index (χ4v) is 3.14. The second-order valence-corrected chi connectivity index (χ2v) is 6.29. The molecule has 134 valence electrons. The van der Waals surface area contributed by atoms with Crippen LogP contribution in [0.3, 0.4) is 0 Å². The number of nitrogens with one attached hydrogen (secondary N) is 2. The van der Waals surface area contributed by atoms with E-state index >= 15 is 0 Å². The molecule has 1 heterocycles. The lowest BCUT2D eigenvalue weighted by Crippen LogP contribution is -2.42. The highest BCUT2D eigenvalue weighted by Crippen LogP contribution is 2.24. The Morgan fingerprint density at radius 3 is 2.59 bits per heavy atom. The number of H-pyrrole nitrogens is 1. The normalized spacial score (nSPS) is 11.0. The Hall–Kier alpha value is -3.87. The van der Waals surface area contributed by atoms with Gasteiger partial charge in [-0.25, -0.2) is 4.68 Å². The van der Waals surface area contributed by atoms with Crippen molar-refractivity contribution in [2.24, 2.45) is 0 Å². The Morgan fingerprint density at radius 1 is 1.07 bits per heavy atom. The van der Waals surface area contributed by atoms with E-state index in [-0.39, 0.29) is 0 Å². The second kappa shape index (κ2) is 6.14. The van der Waals surface area contributed by atoms with Crippen LogP contribution >= 0.6 is 0 Å².